The van der Waals surface area contributed by atoms with Crippen molar-refractivity contribution < 1.29 is 18.0 Å². The lowest BCUT2D eigenvalue weighted by Gasteiger charge is -2.30. The molecule has 1 aliphatic heterocycles. The predicted molar refractivity (Wildman–Crippen MR) is 175 cm³/mol. The smallest absolute Gasteiger partial charge is 0.336 e. The van der Waals surface area contributed by atoms with Gasteiger partial charge in [-0.15, -0.1) is 11.3 Å². The number of halogens is 4. The molecule has 45 heavy (non-hydrogen) atoms. The summed E-state index contributed by atoms with van der Waals surface area (Å²) in [6, 6.07) is 13.3. The van der Waals surface area contributed by atoms with Gasteiger partial charge in [-0.05, 0) is 54.5 Å². The summed E-state index contributed by atoms with van der Waals surface area (Å²) in [5.74, 6) is -0.164. The number of para-hydroxylation sites is 1. The predicted octanol–water partition coefficient (Wildman–Crippen LogP) is 7.67. The van der Waals surface area contributed by atoms with Crippen molar-refractivity contribution >= 4 is 28.8 Å². The number of benzene rings is 2. The number of rotatable bonds is 8. The van der Waals surface area contributed by atoms with E-state index in [2.05, 4.69) is 10.3 Å². The largest absolute Gasteiger partial charge is 0.427 e. The first-order chi connectivity index (χ1) is 21.4. The quantitative estimate of drug-likeness (QED) is 0.211. The number of piperazine rings is 1. The standard InChI is InChI=1S/C34H36ClF3N4O2S/c1-5-21-8-7-9-22(6-2)29(21)42-27(18-20(3)4)25(32(43)41-16-14-39-15-17-41)19-26(33(42)44)31-40-28(30(45-31)34(36,37)38)23-10-12-24(35)13-11-23/h7-13,19-20,39H,5-6,14-18H2,1-4H3. The van der Waals surface area contributed by atoms with Crippen molar-refractivity contribution in [1.29, 1.82) is 0 Å². The third-order valence-corrected chi connectivity index (χ3v) is 9.35. The topological polar surface area (TPSA) is 67.2 Å². The zero-order chi connectivity index (χ0) is 32.5. The first kappa shape index (κ1) is 32.9. The van der Waals surface area contributed by atoms with Crippen molar-refractivity contribution in [2.24, 2.45) is 5.92 Å². The van der Waals surface area contributed by atoms with Gasteiger partial charge in [0.15, 0.2) is 0 Å². The van der Waals surface area contributed by atoms with E-state index in [1.54, 1.807) is 9.47 Å². The van der Waals surface area contributed by atoms with Crippen LogP contribution in [0.25, 0.3) is 27.5 Å². The van der Waals surface area contributed by atoms with Crippen molar-refractivity contribution in [3.05, 3.63) is 91.2 Å². The van der Waals surface area contributed by atoms with Gasteiger partial charge in [-0.3, -0.25) is 14.2 Å². The minimum atomic E-state index is -4.72. The molecule has 1 fully saturated rings. The summed E-state index contributed by atoms with van der Waals surface area (Å²) in [5.41, 5.74) is 2.79. The zero-order valence-corrected chi connectivity index (χ0v) is 27.3. The number of alkyl halides is 3. The number of hydrogen-bond donors (Lipinski definition) is 1. The van der Waals surface area contributed by atoms with E-state index in [0.717, 1.165) is 11.1 Å². The second-order valence-electron chi connectivity index (χ2n) is 11.5. The Bertz CT molecular complexity index is 1730. The summed E-state index contributed by atoms with van der Waals surface area (Å²) < 4.78 is 44.9. The molecule has 0 radical (unpaired) electrons. The number of aromatic nitrogens is 2. The summed E-state index contributed by atoms with van der Waals surface area (Å²) in [4.78, 5) is 34.2. The van der Waals surface area contributed by atoms with Crippen LogP contribution in [0.3, 0.4) is 0 Å². The molecule has 0 atom stereocenters. The minimum Gasteiger partial charge on any atom is -0.336 e. The maximum Gasteiger partial charge on any atom is 0.427 e. The lowest BCUT2D eigenvalue weighted by molar-refractivity contribution is -0.134. The Hall–Kier alpha value is -3.47. The fourth-order valence-corrected chi connectivity index (χ4v) is 6.88. The molecule has 0 aliphatic carbocycles. The van der Waals surface area contributed by atoms with E-state index in [9.17, 15) is 22.8 Å². The van der Waals surface area contributed by atoms with Gasteiger partial charge in [0, 0.05) is 42.5 Å². The normalized spacial score (nSPS) is 13.9. The molecule has 1 N–H and O–H groups in total. The Morgan fingerprint density at radius 2 is 1.67 bits per heavy atom. The molecule has 2 aromatic carbocycles. The van der Waals surface area contributed by atoms with Crippen molar-refractivity contribution in [1.82, 2.24) is 19.8 Å². The van der Waals surface area contributed by atoms with E-state index in [4.69, 9.17) is 11.6 Å². The molecule has 11 heteroatoms. The number of aryl methyl sites for hydroxylation is 2. The molecular formula is C34H36ClF3N4O2S. The molecule has 6 nitrogen and oxygen atoms in total. The SMILES string of the molecule is CCc1cccc(CC)c1-n1c(CC(C)C)c(C(=O)N2CCNCC2)cc(-c2nc(-c3ccc(Cl)cc3)c(C(F)(F)F)s2)c1=O. The van der Waals surface area contributed by atoms with Crippen LogP contribution < -0.4 is 10.9 Å². The van der Waals surface area contributed by atoms with Crippen LogP contribution in [0.15, 0.2) is 53.3 Å². The fraction of sp³-hybridized carbons (Fsp3) is 0.382. The van der Waals surface area contributed by atoms with Crippen molar-refractivity contribution in [3.63, 3.8) is 0 Å². The van der Waals surface area contributed by atoms with Gasteiger partial charge in [0.05, 0.1) is 22.5 Å². The van der Waals surface area contributed by atoms with Crippen LogP contribution in [-0.4, -0.2) is 46.5 Å². The van der Waals surface area contributed by atoms with Crippen molar-refractivity contribution in [2.75, 3.05) is 26.2 Å². The summed E-state index contributed by atoms with van der Waals surface area (Å²) >= 11 is 6.43. The van der Waals surface area contributed by atoms with Crippen molar-refractivity contribution in [2.45, 2.75) is 53.1 Å². The fourth-order valence-electron chi connectivity index (χ4n) is 5.79. The van der Waals surface area contributed by atoms with Crippen LogP contribution in [0.4, 0.5) is 13.2 Å². The average molecular weight is 657 g/mol. The van der Waals surface area contributed by atoms with Crippen molar-refractivity contribution in [3.8, 4) is 27.5 Å². The first-order valence-electron chi connectivity index (χ1n) is 15.2. The molecule has 3 heterocycles. The minimum absolute atomic E-state index is 0.0373. The highest BCUT2D eigenvalue weighted by Gasteiger charge is 2.38. The van der Waals surface area contributed by atoms with E-state index >= 15 is 0 Å². The van der Waals surface area contributed by atoms with Gasteiger partial charge >= 0.3 is 6.18 Å². The second kappa shape index (κ2) is 13.5. The molecule has 2 aromatic heterocycles. The molecule has 5 rings (SSSR count). The third-order valence-electron chi connectivity index (χ3n) is 7.96. The van der Waals surface area contributed by atoms with E-state index in [0.29, 0.717) is 78.7 Å². The maximum atomic E-state index is 14.7. The van der Waals surface area contributed by atoms with Crippen LogP contribution >= 0.6 is 22.9 Å². The summed E-state index contributed by atoms with van der Waals surface area (Å²) in [5, 5.41) is 3.54. The van der Waals surface area contributed by atoms with E-state index in [-0.39, 0.29) is 33.7 Å². The maximum absolute atomic E-state index is 14.7. The molecule has 4 aromatic rings. The average Bonchev–Trinajstić information content (AvgIpc) is 3.47. The second-order valence-corrected chi connectivity index (χ2v) is 13.0. The number of amides is 1. The van der Waals surface area contributed by atoms with Gasteiger partial charge in [0.2, 0.25) is 0 Å². The highest BCUT2D eigenvalue weighted by Crippen LogP contribution is 2.43. The molecule has 1 amide bonds. The Morgan fingerprint density at radius 1 is 1.04 bits per heavy atom. The summed E-state index contributed by atoms with van der Waals surface area (Å²) in [6.45, 7) is 10.2. The van der Waals surface area contributed by atoms with E-state index < -0.39 is 16.6 Å². The van der Waals surface area contributed by atoms with Crippen LogP contribution in [0.2, 0.25) is 5.02 Å². The third kappa shape index (κ3) is 6.73. The number of pyridine rings is 1. The number of carbonyl (C=O) groups excluding carboxylic acids is 1. The molecule has 238 valence electrons. The van der Waals surface area contributed by atoms with E-state index in [1.807, 2.05) is 45.9 Å². The van der Waals surface area contributed by atoms with Crippen LogP contribution in [-0.2, 0) is 25.4 Å². The zero-order valence-electron chi connectivity index (χ0n) is 25.7. The van der Waals surface area contributed by atoms with Gasteiger partial charge in [0.25, 0.3) is 11.5 Å². The molecular weight excluding hydrogens is 621 g/mol. The van der Waals surface area contributed by atoms with Gasteiger partial charge < -0.3 is 10.2 Å². The number of hydrogen-bond acceptors (Lipinski definition) is 5. The molecule has 1 saturated heterocycles. The van der Waals surface area contributed by atoms with Gasteiger partial charge in [-0.1, -0.05) is 69.6 Å². The van der Waals surface area contributed by atoms with Crippen LogP contribution in [0.1, 0.15) is 59.8 Å². The summed E-state index contributed by atoms with van der Waals surface area (Å²) in [6.07, 6.45) is -3.05. The first-order valence-corrected chi connectivity index (χ1v) is 16.4. The highest BCUT2D eigenvalue weighted by atomic mass is 35.5. The number of carbonyl (C=O) groups is 1. The Kier molecular flexibility index (Phi) is 9.86. The Labute approximate surface area is 269 Å². The van der Waals surface area contributed by atoms with Crippen LogP contribution in [0, 0.1) is 5.92 Å². The Morgan fingerprint density at radius 3 is 2.22 bits per heavy atom. The number of nitrogens with zero attached hydrogens (tertiary/aromatic N) is 3. The summed E-state index contributed by atoms with van der Waals surface area (Å²) in [7, 11) is 0. The number of nitrogens with one attached hydrogen (secondary N) is 1. The van der Waals surface area contributed by atoms with Gasteiger partial charge in [-0.25, -0.2) is 4.98 Å². The molecule has 0 unspecified atom stereocenters. The van der Waals surface area contributed by atoms with E-state index in [1.165, 1.54) is 30.3 Å². The Balaban J connectivity index is 1.87. The van der Waals surface area contributed by atoms with Gasteiger partial charge in [-0.2, -0.15) is 13.2 Å². The monoisotopic (exact) mass is 656 g/mol. The van der Waals surface area contributed by atoms with Crippen LogP contribution in [0.5, 0.6) is 0 Å². The molecule has 0 bridgehead atoms. The lowest BCUT2D eigenvalue weighted by atomic mass is 9.97. The molecule has 0 spiro atoms. The highest BCUT2D eigenvalue weighted by molar-refractivity contribution is 7.15. The molecule has 1 aliphatic rings. The number of thiazole rings is 1. The van der Waals surface area contributed by atoms with Gasteiger partial charge in [0.1, 0.15) is 9.88 Å². The lowest BCUT2D eigenvalue weighted by Crippen LogP contribution is -2.47. The molecule has 0 saturated carbocycles.